The second-order valence-electron chi connectivity index (χ2n) is 29.1. The standard InChI is InChI=1S/C95H76N2/c1-93(2)87-53-63(25-27-65-31-45-83-85-47-41-79(61-91(85)94(89(83)55-65)49-13-3-14-50-94)96(75-37-33-67-17-5-9-21-71(67)57-75)76-38-34-68-18-6-10-22-72(68)58-76)29-43-81(87)82-44-30-64(54-88(82)93)26-28-66-32-46-84-86-48-42-80(62-92(86)95(90(84)56-66)51-15-4-16-52-95)97(77-39-35-69-19-7-11-23-73(69)59-77)78-40-36-70-20-8-12-24-74(70)60-78/h5-12,17-48,53-62H,3-4,13-16,49-52H2,1-2H3. The molecule has 0 bridgehead atoms. The molecule has 2 spiro atoms. The van der Waals surface area contributed by atoms with Crippen molar-refractivity contribution in [3.05, 3.63) is 335 Å². The monoisotopic (exact) mass is 1240 g/mol. The fourth-order valence-electron chi connectivity index (χ4n) is 18.4. The topological polar surface area (TPSA) is 6.48 Å². The molecule has 5 aliphatic carbocycles. The van der Waals surface area contributed by atoms with Crippen molar-refractivity contribution in [2.75, 3.05) is 9.80 Å². The zero-order valence-corrected chi connectivity index (χ0v) is 55.3. The predicted molar refractivity (Wildman–Crippen MR) is 413 cm³/mol. The number of fused-ring (bicyclic) bond motifs is 17. The van der Waals surface area contributed by atoms with E-state index in [-0.39, 0.29) is 16.2 Å². The summed E-state index contributed by atoms with van der Waals surface area (Å²) in [5.41, 5.74) is 28.9. The maximum atomic E-state index is 2.56. The summed E-state index contributed by atoms with van der Waals surface area (Å²) < 4.78 is 0. The number of hydrogen-bond acceptors (Lipinski definition) is 2. The highest BCUT2D eigenvalue weighted by Gasteiger charge is 2.46. The molecule has 0 heterocycles. The van der Waals surface area contributed by atoms with Gasteiger partial charge in [0, 0.05) is 50.4 Å². The first-order valence-corrected chi connectivity index (χ1v) is 35.5. The van der Waals surface area contributed by atoms with Gasteiger partial charge in [-0.2, -0.15) is 0 Å². The molecule has 2 fully saturated rings. The Morgan fingerprint density at radius 1 is 0.227 bits per heavy atom. The van der Waals surface area contributed by atoms with E-state index in [4.69, 9.17) is 0 Å². The zero-order valence-electron chi connectivity index (χ0n) is 55.3. The SMILES string of the molecule is CC1(C)c2cc(C=Cc3ccc4c(c3)C3(CCCCC3)c3cc(N(c5ccc6ccccc6c5)c5ccc6ccccc6c5)ccc3-4)ccc2-c2ccc(C=Cc3ccc4c(c3)C3(CCCCC3)c3cc(N(c5ccc6ccccc6c5)c5ccc6ccccc6c5)ccc3-4)cc21. The van der Waals surface area contributed by atoms with Crippen molar-refractivity contribution in [2.24, 2.45) is 0 Å². The van der Waals surface area contributed by atoms with Gasteiger partial charge in [-0.15, -0.1) is 0 Å². The third-order valence-electron chi connectivity index (χ3n) is 23.3. The predicted octanol–water partition coefficient (Wildman–Crippen LogP) is 26.3. The number of benzene rings is 14. The Bertz CT molecular complexity index is 5100. The van der Waals surface area contributed by atoms with Crippen LogP contribution in [0.25, 0.3) is 101 Å². The van der Waals surface area contributed by atoms with Crippen LogP contribution in [0.3, 0.4) is 0 Å². The van der Waals surface area contributed by atoms with Crippen LogP contribution in [0.15, 0.2) is 279 Å². The highest BCUT2D eigenvalue weighted by atomic mass is 15.1. The van der Waals surface area contributed by atoms with E-state index in [2.05, 4.69) is 327 Å². The minimum Gasteiger partial charge on any atom is -0.310 e. The summed E-state index contributed by atoms with van der Waals surface area (Å²) in [5, 5.41) is 10.00. The molecule has 0 aliphatic heterocycles. The average molecular weight is 1250 g/mol. The van der Waals surface area contributed by atoms with Crippen LogP contribution in [0.2, 0.25) is 0 Å². The normalized spacial score (nSPS) is 15.9. The van der Waals surface area contributed by atoms with Crippen LogP contribution in [0.1, 0.15) is 134 Å². The first-order valence-electron chi connectivity index (χ1n) is 35.5. The molecule has 5 aliphatic rings. The van der Waals surface area contributed by atoms with Crippen LogP contribution >= 0.6 is 0 Å². The molecule has 0 unspecified atom stereocenters. The van der Waals surface area contributed by atoms with Gasteiger partial charge in [0.25, 0.3) is 0 Å². The molecule has 0 atom stereocenters. The Kier molecular flexibility index (Phi) is 13.5. The summed E-state index contributed by atoms with van der Waals surface area (Å²) in [4.78, 5) is 4.98. The lowest BCUT2D eigenvalue weighted by atomic mass is 9.67. The molecule has 0 saturated heterocycles. The third-order valence-corrected chi connectivity index (χ3v) is 23.3. The van der Waals surface area contributed by atoms with Crippen molar-refractivity contribution in [1.29, 1.82) is 0 Å². The average Bonchev–Trinajstić information content (AvgIpc) is 1.58. The second-order valence-corrected chi connectivity index (χ2v) is 29.1. The van der Waals surface area contributed by atoms with Gasteiger partial charge in [0.1, 0.15) is 0 Å². The molecule has 97 heavy (non-hydrogen) atoms. The lowest BCUT2D eigenvalue weighted by Gasteiger charge is -2.37. The molecule has 466 valence electrons. The van der Waals surface area contributed by atoms with Crippen LogP contribution in [0, 0.1) is 0 Å². The molecule has 0 aromatic heterocycles. The van der Waals surface area contributed by atoms with Gasteiger partial charge in [0.05, 0.1) is 0 Å². The Hall–Kier alpha value is -10.8. The molecular formula is C95H76N2. The zero-order chi connectivity index (χ0) is 64.4. The summed E-state index contributed by atoms with van der Waals surface area (Å²) in [6.45, 7) is 4.84. The number of nitrogens with zero attached hydrogens (tertiary/aromatic N) is 2. The molecule has 14 aromatic carbocycles. The van der Waals surface area contributed by atoms with Gasteiger partial charge < -0.3 is 9.80 Å². The fourth-order valence-corrected chi connectivity index (χ4v) is 18.4. The van der Waals surface area contributed by atoms with Gasteiger partial charge in [0.2, 0.25) is 0 Å². The fraction of sp³-hybridized carbons (Fsp3) is 0.158. The van der Waals surface area contributed by atoms with Gasteiger partial charge in [-0.3, -0.25) is 0 Å². The van der Waals surface area contributed by atoms with Crippen molar-refractivity contribution in [3.63, 3.8) is 0 Å². The van der Waals surface area contributed by atoms with Crippen molar-refractivity contribution in [1.82, 2.24) is 0 Å². The Morgan fingerprint density at radius 3 is 0.773 bits per heavy atom. The number of anilines is 6. The van der Waals surface area contributed by atoms with Crippen molar-refractivity contribution in [2.45, 2.75) is 94.3 Å². The van der Waals surface area contributed by atoms with Crippen LogP contribution < -0.4 is 9.80 Å². The van der Waals surface area contributed by atoms with E-state index in [1.807, 2.05) is 0 Å². The quantitative estimate of drug-likeness (QED) is 0.126. The van der Waals surface area contributed by atoms with Crippen LogP contribution in [-0.2, 0) is 16.2 Å². The minimum atomic E-state index is -0.161. The molecule has 2 saturated carbocycles. The molecule has 0 radical (unpaired) electrons. The van der Waals surface area contributed by atoms with Crippen LogP contribution in [-0.4, -0.2) is 0 Å². The van der Waals surface area contributed by atoms with E-state index in [1.165, 1.54) is 230 Å². The van der Waals surface area contributed by atoms with Gasteiger partial charge >= 0.3 is 0 Å². The van der Waals surface area contributed by atoms with Crippen molar-refractivity contribution < 1.29 is 0 Å². The van der Waals surface area contributed by atoms with E-state index in [0.717, 1.165) is 0 Å². The smallest absolute Gasteiger partial charge is 0.0468 e. The molecule has 19 rings (SSSR count). The van der Waals surface area contributed by atoms with Crippen LogP contribution in [0.5, 0.6) is 0 Å². The van der Waals surface area contributed by atoms with Gasteiger partial charge in [0.15, 0.2) is 0 Å². The van der Waals surface area contributed by atoms with Gasteiger partial charge in [-0.1, -0.05) is 283 Å². The summed E-state index contributed by atoms with van der Waals surface area (Å²) >= 11 is 0. The Labute approximate surface area is 570 Å². The molecule has 0 N–H and O–H groups in total. The van der Waals surface area contributed by atoms with Crippen molar-refractivity contribution in [3.8, 4) is 33.4 Å². The first-order chi connectivity index (χ1) is 47.7. The van der Waals surface area contributed by atoms with Crippen molar-refractivity contribution >= 4 is 102 Å². The first kappa shape index (κ1) is 57.6. The molecule has 2 heteroatoms. The Balaban J connectivity index is 0.599. The van der Waals surface area contributed by atoms with E-state index in [0.29, 0.717) is 0 Å². The minimum absolute atomic E-state index is 0.0290. The van der Waals surface area contributed by atoms with Crippen LogP contribution in [0.4, 0.5) is 34.1 Å². The highest BCUT2D eigenvalue weighted by molar-refractivity contribution is 5.97. The lowest BCUT2D eigenvalue weighted by molar-refractivity contribution is 0.353. The largest absolute Gasteiger partial charge is 0.310 e. The number of hydrogen-bond donors (Lipinski definition) is 0. The molecule has 14 aromatic rings. The summed E-state index contributed by atoms with van der Waals surface area (Å²) in [6.07, 6.45) is 21.6. The van der Waals surface area contributed by atoms with E-state index in [1.54, 1.807) is 0 Å². The van der Waals surface area contributed by atoms with Gasteiger partial charge in [-0.05, 0) is 231 Å². The molecular weight excluding hydrogens is 1170 g/mol. The lowest BCUT2D eigenvalue weighted by Crippen LogP contribution is -2.28. The van der Waals surface area contributed by atoms with E-state index < -0.39 is 0 Å². The highest BCUT2D eigenvalue weighted by Crippen LogP contribution is 2.60. The number of rotatable bonds is 10. The molecule has 2 nitrogen and oxygen atoms in total. The molecule has 0 amide bonds. The Morgan fingerprint density at radius 2 is 0.464 bits per heavy atom. The summed E-state index contributed by atoms with van der Waals surface area (Å²) in [5.74, 6) is 0. The maximum absolute atomic E-state index is 2.56. The maximum Gasteiger partial charge on any atom is 0.0468 e. The van der Waals surface area contributed by atoms with E-state index >= 15 is 0 Å². The second kappa shape index (κ2) is 22.7. The summed E-state index contributed by atoms with van der Waals surface area (Å²) in [7, 11) is 0. The van der Waals surface area contributed by atoms with E-state index in [9.17, 15) is 0 Å². The third kappa shape index (κ3) is 9.50. The summed E-state index contributed by atoms with van der Waals surface area (Å²) in [6, 6.07) is 106. The van der Waals surface area contributed by atoms with Gasteiger partial charge in [-0.25, -0.2) is 0 Å².